The number of hydrogen-bond donors (Lipinski definition) is 1. The number of anilines is 2. The maximum Gasteiger partial charge on any atom is 0.226 e. The van der Waals surface area contributed by atoms with Gasteiger partial charge in [-0.05, 0) is 18.9 Å². The minimum absolute atomic E-state index is 0.170. The molecule has 2 rings (SSSR count). The van der Waals surface area contributed by atoms with E-state index in [-0.39, 0.29) is 12.1 Å². The van der Waals surface area contributed by atoms with Crippen molar-refractivity contribution in [3.63, 3.8) is 0 Å². The van der Waals surface area contributed by atoms with Crippen molar-refractivity contribution in [2.45, 2.75) is 37.8 Å². The molecular formula is C13H22N4O. The van der Waals surface area contributed by atoms with Gasteiger partial charge in [-0.3, -0.25) is 0 Å². The second-order valence-corrected chi connectivity index (χ2v) is 5.14. The Morgan fingerprint density at radius 3 is 2.61 bits per heavy atom. The van der Waals surface area contributed by atoms with Crippen molar-refractivity contribution in [2.75, 3.05) is 30.9 Å². The van der Waals surface area contributed by atoms with E-state index < -0.39 is 0 Å². The van der Waals surface area contributed by atoms with Gasteiger partial charge >= 0.3 is 0 Å². The van der Waals surface area contributed by atoms with Gasteiger partial charge in [0.2, 0.25) is 5.95 Å². The highest BCUT2D eigenvalue weighted by atomic mass is 16.3. The monoisotopic (exact) mass is 250 g/mol. The molecule has 1 aromatic heterocycles. The van der Waals surface area contributed by atoms with Crippen molar-refractivity contribution in [3.8, 4) is 0 Å². The number of nitrogens with zero attached hydrogens (tertiary/aromatic N) is 4. The Balaban J connectivity index is 2.16. The zero-order valence-corrected chi connectivity index (χ0v) is 11.4. The molecule has 1 aromatic rings. The minimum Gasteiger partial charge on any atom is -0.391 e. The van der Waals surface area contributed by atoms with Crippen LogP contribution in [0.25, 0.3) is 0 Å². The highest BCUT2D eigenvalue weighted by Crippen LogP contribution is 2.25. The summed E-state index contributed by atoms with van der Waals surface area (Å²) in [5.41, 5.74) is 0. The lowest BCUT2D eigenvalue weighted by Crippen LogP contribution is -2.43. The van der Waals surface area contributed by atoms with Gasteiger partial charge in [0.15, 0.2) is 0 Å². The van der Waals surface area contributed by atoms with E-state index in [0.29, 0.717) is 5.95 Å². The van der Waals surface area contributed by atoms with E-state index in [0.717, 1.165) is 25.1 Å². The molecule has 0 spiro atoms. The van der Waals surface area contributed by atoms with E-state index in [1.165, 1.54) is 6.42 Å². The molecule has 1 heterocycles. The van der Waals surface area contributed by atoms with Crippen LogP contribution in [0, 0.1) is 0 Å². The normalized spacial score (nSPS) is 23.8. The molecule has 18 heavy (non-hydrogen) atoms. The van der Waals surface area contributed by atoms with Crippen molar-refractivity contribution >= 4 is 11.8 Å². The largest absolute Gasteiger partial charge is 0.391 e. The van der Waals surface area contributed by atoms with E-state index in [1.54, 1.807) is 6.20 Å². The molecule has 1 saturated carbocycles. The van der Waals surface area contributed by atoms with Gasteiger partial charge in [-0.2, -0.15) is 4.98 Å². The van der Waals surface area contributed by atoms with Gasteiger partial charge < -0.3 is 14.9 Å². The zero-order chi connectivity index (χ0) is 13.1. The summed E-state index contributed by atoms with van der Waals surface area (Å²) in [7, 11) is 5.85. The highest BCUT2D eigenvalue weighted by Gasteiger charge is 2.27. The fourth-order valence-electron chi connectivity index (χ4n) is 2.46. The van der Waals surface area contributed by atoms with Crippen LogP contribution in [0.15, 0.2) is 12.3 Å². The summed E-state index contributed by atoms with van der Waals surface area (Å²) in [6, 6.07) is 2.07. The number of hydrogen-bond acceptors (Lipinski definition) is 5. The van der Waals surface area contributed by atoms with E-state index in [2.05, 4.69) is 14.9 Å². The van der Waals surface area contributed by atoms with Gasteiger partial charge in [-0.1, -0.05) is 12.8 Å². The molecule has 1 N–H and O–H groups in total. The summed E-state index contributed by atoms with van der Waals surface area (Å²) >= 11 is 0. The molecule has 0 radical (unpaired) electrons. The smallest absolute Gasteiger partial charge is 0.226 e. The number of aliphatic hydroxyl groups excluding tert-OH is 1. The first kappa shape index (κ1) is 13.1. The molecule has 0 saturated heterocycles. The molecule has 5 nitrogen and oxygen atoms in total. The van der Waals surface area contributed by atoms with Crippen molar-refractivity contribution in [1.29, 1.82) is 0 Å². The van der Waals surface area contributed by atoms with Gasteiger partial charge in [-0.25, -0.2) is 4.98 Å². The molecule has 1 fully saturated rings. The quantitative estimate of drug-likeness (QED) is 0.876. The van der Waals surface area contributed by atoms with Crippen LogP contribution in [0.1, 0.15) is 25.7 Å². The van der Waals surface area contributed by atoms with Gasteiger partial charge in [0, 0.05) is 27.3 Å². The van der Waals surface area contributed by atoms with Gasteiger partial charge in [0.05, 0.1) is 12.1 Å². The number of aromatic nitrogens is 2. The molecule has 1 aliphatic carbocycles. The van der Waals surface area contributed by atoms with Crippen LogP contribution in [0.3, 0.4) is 0 Å². The molecule has 2 unspecified atom stereocenters. The third-order valence-electron chi connectivity index (χ3n) is 3.58. The SMILES string of the molecule is CN(C)c1nccc(N(C)C2CCCCC2O)n1. The molecule has 1 aliphatic rings. The molecule has 0 aromatic carbocycles. The molecule has 0 aliphatic heterocycles. The predicted octanol–water partition coefficient (Wildman–Crippen LogP) is 1.28. The molecule has 100 valence electrons. The lowest BCUT2D eigenvalue weighted by molar-refractivity contribution is 0.106. The Hall–Kier alpha value is -1.36. The summed E-state index contributed by atoms with van der Waals surface area (Å²) < 4.78 is 0. The average molecular weight is 250 g/mol. The van der Waals surface area contributed by atoms with Crippen molar-refractivity contribution in [2.24, 2.45) is 0 Å². The van der Waals surface area contributed by atoms with Crippen LogP contribution < -0.4 is 9.80 Å². The standard InChI is InChI=1S/C13H22N4O/c1-16(2)13-14-9-8-12(15-13)17(3)10-6-4-5-7-11(10)18/h8-11,18H,4-7H2,1-3H3. The summed E-state index contributed by atoms with van der Waals surface area (Å²) in [5, 5.41) is 10.1. The fourth-order valence-corrected chi connectivity index (χ4v) is 2.46. The lowest BCUT2D eigenvalue weighted by Gasteiger charge is -2.36. The maximum atomic E-state index is 10.1. The van der Waals surface area contributed by atoms with Gasteiger partial charge in [-0.15, -0.1) is 0 Å². The first-order chi connectivity index (χ1) is 8.59. The first-order valence-corrected chi connectivity index (χ1v) is 6.51. The number of aliphatic hydroxyl groups is 1. The van der Waals surface area contributed by atoms with Crippen LogP contribution in [0.4, 0.5) is 11.8 Å². The molecule has 0 amide bonds. The van der Waals surface area contributed by atoms with Crippen molar-refractivity contribution < 1.29 is 5.11 Å². The number of likely N-dealkylation sites (N-methyl/N-ethyl adjacent to an activating group) is 1. The summed E-state index contributed by atoms with van der Waals surface area (Å²) in [4.78, 5) is 12.7. The van der Waals surface area contributed by atoms with Crippen LogP contribution in [0.2, 0.25) is 0 Å². The minimum atomic E-state index is -0.249. The number of rotatable bonds is 3. The molecule has 0 bridgehead atoms. The third-order valence-corrected chi connectivity index (χ3v) is 3.58. The second-order valence-electron chi connectivity index (χ2n) is 5.14. The highest BCUT2D eigenvalue weighted by molar-refractivity contribution is 5.43. The van der Waals surface area contributed by atoms with Crippen LogP contribution in [-0.4, -0.2) is 48.4 Å². The van der Waals surface area contributed by atoms with E-state index in [4.69, 9.17) is 0 Å². The zero-order valence-electron chi connectivity index (χ0n) is 11.4. The topological polar surface area (TPSA) is 52.5 Å². The molecule has 5 heteroatoms. The lowest BCUT2D eigenvalue weighted by atomic mass is 9.91. The van der Waals surface area contributed by atoms with E-state index in [1.807, 2.05) is 32.1 Å². The Kier molecular flexibility index (Phi) is 4.01. The summed E-state index contributed by atoms with van der Waals surface area (Å²) in [6.45, 7) is 0. The van der Waals surface area contributed by atoms with Gasteiger partial charge in [0.1, 0.15) is 5.82 Å². The predicted molar refractivity (Wildman–Crippen MR) is 73.0 cm³/mol. The van der Waals surface area contributed by atoms with Crippen LogP contribution in [0.5, 0.6) is 0 Å². The maximum absolute atomic E-state index is 10.1. The van der Waals surface area contributed by atoms with Crippen LogP contribution in [-0.2, 0) is 0 Å². The third kappa shape index (κ3) is 2.72. The van der Waals surface area contributed by atoms with E-state index >= 15 is 0 Å². The van der Waals surface area contributed by atoms with Crippen molar-refractivity contribution in [3.05, 3.63) is 12.3 Å². The Morgan fingerprint density at radius 2 is 1.94 bits per heavy atom. The Morgan fingerprint density at radius 1 is 1.22 bits per heavy atom. The first-order valence-electron chi connectivity index (χ1n) is 6.51. The fraction of sp³-hybridized carbons (Fsp3) is 0.692. The Bertz CT molecular complexity index is 396. The summed E-state index contributed by atoms with van der Waals surface area (Å²) in [5.74, 6) is 1.57. The average Bonchev–Trinajstić information content (AvgIpc) is 2.38. The van der Waals surface area contributed by atoms with Crippen molar-refractivity contribution in [1.82, 2.24) is 9.97 Å². The second kappa shape index (κ2) is 5.52. The summed E-state index contributed by atoms with van der Waals surface area (Å²) in [6.07, 6.45) is 5.74. The molecule has 2 atom stereocenters. The Labute approximate surface area is 108 Å². The van der Waals surface area contributed by atoms with E-state index in [9.17, 15) is 5.11 Å². The van der Waals surface area contributed by atoms with Gasteiger partial charge in [0.25, 0.3) is 0 Å². The van der Waals surface area contributed by atoms with Crippen LogP contribution >= 0.6 is 0 Å². The molecular weight excluding hydrogens is 228 g/mol.